The lowest BCUT2D eigenvalue weighted by atomic mass is 10.2. The number of rotatable bonds is 6. The van der Waals surface area contributed by atoms with Gasteiger partial charge >= 0.3 is 0 Å². The van der Waals surface area contributed by atoms with E-state index in [9.17, 15) is 4.79 Å². The van der Waals surface area contributed by atoms with Gasteiger partial charge in [0.2, 0.25) is 5.91 Å². The van der Waals surface area contributed by atoms with Gasteiger partial charge in [0.25, 0.3) is 0 Å². The second-order valence-corrected chi connectivity index (χ2v) is 8.46. The maximum absolute atomic E-state index is 12.5. The number of hydrogen-bond acceptors (Lipinski definition) is 6. The number of guanidine groups is 1. The molecular formula is C21H40N6O3. The summed E-state index contributed by atoms with van der Waals surface area (Å²) in [5, 5.41) is 3.45. The van der Waals surface area contributed by atoms with Crippen molar-refractivity contribution in [2.24, 2.45) is 4.99 Å². The van der Waals surface area contributed by atoms with Crippen molar-refractivity contribution in [1.29, 1.82) is 0 Å². The van der Waals surface area contributed by atoms with Crippen molar-refractivity contribution in [3.8, 4) is 0 Å². The molecular weight excluding hydrogens is 384 g/mol. The summed E-state index contributed by atoms with van der Waals surface area (Å²) in [5.74, 6) is 1.21. The van der Waals surface area contributed by atoms with Crippen molar-refractivity contribution in [2.45, 2.75) is 32.9 Å². The molecule has 0 aromatic heterocycles. The molecule has 2 unspecified atom stereocenters. The highest BCUT2D eigenvalue weighted by atomic mass is 16.5. The minimum absolute atomic E-state index is 0.223. The second-order valence-electron chi connectivity index (χ2n) is 8.46. The van der Waals surface area contributed by atoms with Gasteiger partial charge in [0, 0.05) is 64.4 Å². The normalized spacial score (nSPS) is 26.0. The third kappa shape index (κ3) is 6.54. The van der Waals surface area contributed by atoms with E-state index in [0.717, 1.165) is 78.1 Å². The van der Waals surface area contributed by atoms with E-state index in [2.05, 4.69) is 40.8 Å². The van der Waals surface area contributed by atoms with Crippen LogP contribution in [-0.2, 0) is 14.3 Å². The lowest BCUT2D eigenvalue weighted by Crippen LogP contribution is -2.55. The molecule has 0 aliphatic carbocycles. The van der Waals surface area contributed by atoms with E-state index in [0.29, 0.717) is 31.8 Å². The summed E-state index contributed by atoms with van der Waals surface area (Å²) < 4.78 is 10.9. The Bertz CT molecular complexity index is 561. The number of carbonyl (C=O) groups excluding carboxylic acids is 1. The largest absolute Gasteiger partial charge is 0.379 e. The average Bonchev–Trinajstić information content (AvgIpc) is 2.78. The van der Waals surface area contributed by atoms with Crippen LogP contribution in [-0.4, -0.2) is 135 Å². The second kappa shape index (κ2) is 11.8. The molecule has 9 nitrogen and oxygen atoms in total. The van der Waals surface area contributed by atoms with Crippen LogP contribution in [0.3, 0.4) is 0 Å². The minimum atomic E-state index is 0.223. The Labute approximate surface area is 181 Å². The number of nitrogens with one attached hydrogen (secondary N) is 1. The molecule has 1 N–H and O–H groups in total. The van der Waals surface area contributed by atoms with Crippen LogP contribution in [0.5, 0.6) is 0 Å². The van der Waals surface area contributed by atoms with Crippen molar-refractivity contribution in [2.75, 3.05) is 91.9 Å². The number of hydrogen-bond donors (Lipinski definition) is 1. The molecule has 0 bridgehead atoms. The molecule has 3 fully saturated rings. The fourth-order valence-electron chi connectivity index (χ4n) is 4.37. The van der Waals surface area contributed by atoms with E-state index < -0.39 is 0 Å². The van der Waals surface area contributed by atoms with Gasteiger partial charge in [0.1, 0.15) is 0 Å². The SMILES string of the molecule is CCNC(=NCC(C)N1CCOCC1C)N1CCN(CC(=O)N2CCOCC2)CC1. The van der Waals surface area contributed by atoms with Crippen molar-refractivity contribution in [1.82, 2.24) is 24.9 Å². The molecule has 3 aliphatic rings. The Hall–Kier alpha value is -1.42. The molecule has 30 heavy (non-hydrogen) atoms. The molecule has 0 radical (unpaired) electrons. The number of carbonyl (C=O) groups is 1. The highest BCUT2D eigenvalue weighted by Gasteiger charge is 2.26. The molecule has 3 saturated heterocycles. The van der Waals surface area contributed by atoms with Crippen molar-refractivity contribution >= 4 is 11.9 Å². The van der Waals surface area contributed by atoms with Crippen LogP contribution in [0, 0.1) is 0 Å². The first-order chi connectivity index (χ1) is 14.6. The first-order valence-electron chi connectivity index (χ1n) is 11.5. The summed E-state index contributed by atoms with van der Waals surface area (Å²) in [6, 6.07) is 0.837. The zero-order chi connectivity index (χ0) is 21.3. The van der Waals surface area contributed by atoms with Gasteiger partial charge in [-0.25, -0.2) is 0 Å². The number of aliphatic imine (C=N–C) groups is 1. The summed E-state index contributed by atoms with van der Waals surface area (Å²) in [6.07, 6.45) is 0. The van der Waals surface area contributed by atoms with E-state index in [1.165, 1.54) is 0 Å². The molecule has 1 amide bonds. The van der Waals surface area contributed by atoms with E-state index in [1.807, 2.05) is 4.90 Å². The smallest absolute Gasteiger partial charge is 0.236 e. The van der Waals surface area contributed by atoms with E-state index in [-0.39, 0.29) is 5.91 Å². The summed E-state index contributed by atoms with van der Waals surface area (Å²) in [7, 11) is 0. The predicted octanol–water partition coefficient (Wildman–Crippen LogP) is -0.462. The van der Waals surface area contributed by atoms with Gasteiger partial charge in [-0.2, -0.15) is 0 Å². The predicted molar refractivity (Wildman–Crippen MR) is 118 cm³/mol. The van der Waals surface area contributed by atoms with Crippen molar-refractivity contribution < 1.29 is 14.3 Å². The van der Waals surface area contributed by atoms with Gasteiger partial charge in [-0.05, 0) is 20.8 Å². The molecule has 9 heteroatoms. The topological polar surface area (TPSA) is 72.9 Å². The first-order valence-corrected chi connectivity index (χ1v) is 11.5. The lowest BCUT2D eigenvalue weighted by Gasteiger charge is -2.38. The van der Waals surface area contributed by atoms with Crippen molar-refractivity contribution in [3.05, 3.63) is 0 Å². The first kappa shape index (κ1) is 23.2. The van der Waals surface area contributed by atoms with Crippen LogP contribution in [0.4, 0.5) is 0 Å². The summed E-state index contributed by atoms with van der Waals surface area (Å²) in [4.78, 5) is 26.5. The maximum atomic E-state index is 12.5. The van der Waals surface area contributed by atoms with Crippen LogP contribution >= 0.6 is 0 Å². The van der Waals surface area contributed by atoms with Gasteiger partial charge < -0.3 is 24.6 Å². The molecule has 0 spiro atoms. The van der Waals surface area contributed by atoms with Gasteiger partial charge in [-0.3, -0.25) is 19.6 Å². The van der Waals surface area contributed by atoms with Gasteiger partial charge in [0.05, 0.1) is 39.5 Å². The number of amides is 1. The molecule has 2 atom stereocenters. The van der Waals surface area contributed by atoms with Gasteiger partial charge in [0.15, 0.2) is 5.96 Å². The number of morpholine rings is 2. The van der Waals surface area contributed by atoms with Crippen LogP contribution in [0.25, 0.3) is 0 Å². The third-order valence-electron chi connectivity index (χ3n) is 6.22. The highest BCUT2D eigenvalue weighted by molar-refractivity contribution is 5.80. The van der Waals surface area contributed by atoms with Crippen LogP contribution in [0.1, 0.15) is 20.8 Å². The van der Waals surface area contributed by atoms with Crippen molar-refractivity contribution in [3.63, 3.8) is 0 Å². The lowest BCUT2D eigenvalue weighted by molar-refractivity contribution is -0.136. The van der Waals surface area contributed by atoms with E-state index in [4.69, 9.17) is 14.5 Å². The maximum Gasteiger partial charge on any atom is 0.236 e. The van der Waals surface area contributed by atoms with Gasteiger partial charge in [-0.15, -0.1) is 0 Å². The zero-order valence-electron chi connectivity index (χ0n) is 19.0. The summed E-state index contributed by atoms with van der Waals surface area (Å²) in [6.45, 7) is 17.6. The van der Waals surface area contributed by atoms with Crippen LogP contribution in [0.2, 0.25) is 0 Å². The number of nitrogens with zero attached hydrogens (tertiary/aromatic N) is 5. The quantitative estimate of drug-likeness (QED) is 0.457. The zero-order valence-corrected chi connectivity index (χ0v) is 19.0. The Morgan fingerprint density at radius 1 is 1.03 bits per heavy atom. The molecule has 172 valence electrons. The monoisotopic (exact) mass is 424 g/mol. The van der Waals surface area contributed by atoms with E-state index in [1.54, 1.807) is 0 Å². The number of piperazine rings is 1. The number of ether oxygens (including phenoxy) is 2. The Morgan fingerprint density at radius 2 is 1.73 bits per heavy atom. The fraction of sp³-hybridized carbons (Fsp3) is 0.905. The Balaban J connectivity index is 1.47. The molecule has 3 aliphatic heterocycles. The molecule has 0 saturated carbocycles. The summed E-state index contributed by atoms with van der Waals surface area (Å²) >= 11 is 0. The van der Waals surface area contributed by atoms with Gasteiger partial charge in [-0.1, -0.05) is 0 Å². The third-order valence-corrected chi connectivity index (χ3v) is 6.22. The average molecular weight is 425 g/mol. The highest BCUT2D eigenvalue weighted by Crippen LogP contribution is 2.11. The van der Waals surface area contributed by atoms with Crippen LogP contribution in [0.15, 0.2) is 4.99 Å². The standard InChI is InChI=1S/C21H40N6O3/c1-4-22-21(23-15-18(2)27-11-14-30-17-19(27)3)26-7-5-24(6-8-26)16-20(28)25-9-12-29-13-10-25/h18-19H,4-17H2,1-3H3,(H,22,23). The summed E-state index contributed by atoms with van der Waals surface area (Å²) in [5.41, 5.74) is 0. The minimum Gasteiger partial charge on any atom is -0.379 e. The fourth-order valence-corrected chi connectivity index (χ4v) is 4.37. The van der Waals surface area contributed by atoms with Crippen LogP contribution < -0.4 is 5.32 Å². The molecule has 3 rings (SSSR count). The Morgan fingerprint density at radius 3 is 2.40 bits per heavy atom. The molecule has 0 aromatic carbocycles. The Kier molecular flexibility index (Phi) is 9.17. The van der Waals surface area contributed by atoms with E-state index >= 15 is 0 Å². The molecule has 0 aromatic rings. The molecule has 3 heterocycles.